The van der Waals surface area contributed by atoms with Gasteiger partial charge in [0, 0.05) is 49.3 Å². The van der Waals surface area contributed by atoms with Crippen LogP contribution in [-0.2, 0) is 6.54 Å². The molecule has 3 rings (SSSR count). The first-order valence-electron chi connectivity index (χ1n) is 10.3. The van der Waals surface area contributed by atoms with Gasteiger partial charge in [-0.05, 0) is 39.3 Å². The van der Waals surface area contributed by atoms with E-state index in [4.69, 9.17) is 0 Å². The maximum atomic E-state index is 10.5. The summed E-state index contributed by atoms with van der Waals surface area (Å²) in [7, 11) is 0. The fraction of sp³-hybridized carbons (Fsp3) is 0.565. The van der Waals surface area contributed by atoms with Gasteiger partial charge < -0.3 is 15.0 Å². The molecule has 4 heteroatoms. The topological polar surface area (TPSA) is 40.4 Å². The van der Waals surface area contributed by atoms with E-state index in [1.807, 2.05) is 39.8 Å². The molecular formula is C23H39N3O. The third-order valence-corrected chi connectivity index (χ3v) is 4.95. The highest BCUT2D eigenvalue weighted by Gasteiger charge is 2.17. The molecule has 1 unspecified atom stereocenters. The number of hydrogen-bond acceptors (Lipinski definition) is 3. The second-order valence-electron chi connectivity index (χ2n) is 6.71. The fourth-order valence-corrected chi connectivity index (χ4v) is 3.30. The molecule has 1 atom stereocenters. The standard InChI is InChI=1S/C17H25N3O.C4H8.C2H6/c1-13-14(2)20(17-6-4-3-5-16(13)17)12-15(21)11-19-9-7-18-8-10-19;1-3-4-2;1-2/h3-6,15,18,21H,7-12H2,1-2H3;3-4H,1-2H3;1-2H3/b;4-3-;. The number of nitrogens with one attached hydrogen (secondary N) is 1. The van der Waals surface area contributed by atoms with E-state index in [1.54, 1.807) is 0 Å². The van der Waals surface area contributed by atoms with Crippen LogP contribution in [0, 0.1) is 13.8 Å². The first-order valence-corrected chi connectivity index (χ1v) is 10.3. The van der Waals surface area contributed by atoms with Gasteiger partial charge in [-0.25, -0.2) is 0 Å². The number of aliphatic hydroxyl groups is 1. The largest absolute Gasteiger partial charge is 0.390 e. The molecule has 0 radical (unpaired) electrons. The molecule has 2 N–H and O–H groups in total. The lowest BCUT2D eigenvalue weighted by atomic mass is 10.2. The van der Waals surface area contributed by atoms with Crippen molar-refractivity contribution in [2.75, 3.05) is 32.7 Å². The van der Waals surface area contributed by atoms with Crippen LogP contribution in [0.5, 0.6) is 0 Å². The predicted molar refractivity (Wildman–Crippen MR) is 119 cm³/mol. The normalized spacial score (nSPS) is 15.8. The monoisotopic (exact) mass is 373 g/mol. The highest BCUT2D eigenvalue weighted by Crippen LogP contribution is 2.25. The molecule has 1 aromatic carbocycles. The Hall–Kier alpha value is -1.62. The van der Waals surface area contributed by atoms with Crippen molar-refractivity contribution in [2.45, 2.75) is 54.2 Å². The number of allylic oxidation sites excluding steroid dienone is 2. The molecular weight excluding hydrogens is 334 g/mol. The van der Waals surface area contributed by atoms with Gasteiger partial charge >= 0.3 is 0 Å². The lowest BCUT2D eigenvalue weighted by molar-refractivity contribution is 0.0923. The summed E-state index contributed by atoms with van der Waals surface area (Å²) in [4.78, 5) is 2.34. The Morgan fingerprint density at radius 2 is 1.63 bits per heavy atom. The van der Waals surface area contributed by atoms with Crippen LogP contribution in [0.1, 0.15) is 39.0 Å². The Bertz CT molecular complexity index is 680. The number of hydrogen-bond donors (Lipinski definition) is 2. The van der Waals surface area contributed by atoms with Gasteiger partial charge in [0.2, 0.25) is 0 Å². The molecule has 0 saturated carbocycles. The van der Waals surface area contributed by atoms with Crippen molar-refractivity contribution >= 4 is 10.9 Å². The molecule has 0 spiro atoms. The number of para-hydroxylation sites is 1. The third-order valence-electron chi connectivity index (χ3n) is 4.95. The zero-order valence-corrected chi connectivity index (χ0v) is 18.1. The molecule has 4 nitrogen and oxygen atoms in total. The van der Waals surface area contributed by atoms with Crippen LogP contribution in [0.15, 0.2) is 36.4 Å². The van der Waals surface area contributed by atoms with Crippen molar-refractivity contribution in [2.24, 2.45) is 0 Å². The number of aromatic nitrogens is 1. The van der Waals surface area contributed by atoms with Gasteiger partial charge in [0.05, 0.1) is 12.6 Å². The fourth-order valence-electron chi connectivity index (χ4n) is 3.30. The van der Waals surface area contributed by atoms with E-state index in [-0.39, 0.29) is 6.10 Å². The van der Waals surface area contributed by atoms with Gasteiger partial charge in [-0.2, -0.15) is 0 Å². The van der Waals surface area contributed by atoms with E-state index in [0.29, 0.717) is 6.54 Å². The van der Waals surface area contributed by atoms with E-state index in [2.05, 4.69) is 52.9 Å². The number of β-amino-alcohol motifs (C(OH)–C–C–N with tert-alkyl or cyclic N) is 1. The lowest BCUT2D eigenvalue weighted by Crippen LogP contribution is -2.46. The van der Waals surface area contributed by atoms with Gasteiger partial charge in [-0.15, -0.1) is 0 Å². The highest BCUT2D eigenvalue weighted by atomic mass is 16.3. The summed E-state index contributed by atoms with van der Waals surface area (Å²) in [6.07, 6.45) is 3.68. The summed E-state index contributed by atoms with van der Waals surface area (Å²) >= 11 is 0. The van der Waals surface area contributed by atoms with Gasteiger partial charge in [-0.1, -0.05) is 44.2 Å². The molecule has 1 aliphatic heterocycles. The average molecular weight is 374 g/mol. The zero-order chi connectivity index (χ0) is 20.2. The number of piperazine rings is 1. The van der Waals surface area contributed by atoms with Crippen molar-refractivity contribution in [3.05, 3.63) is 47.7 Å². The SMILES string of the molecule is C/C=C\C.CC.Cc1c(C)n(CC(O)CN2CCNCC2)c2ccccc12. The van der Waals surface area contributed by atoms with Crippen LogP contribution in [0.3, 0.4) is 0 Å². The summed E-state index contributed by atoms with van der Waals surface area (Å²) in [6, 6.07) is 8.46. The first-order chi connectivity index (χ1) is 13.1. The van der Waals surface area contributed by atoms with E-state index in [1.165, 1.54) is 22.2 Å². The van der Waals surface area contributed by atoms with Crippen molar-refractivity contribution < 1.29 is 5.11 Å². The lowest BCUT2D eigenvalue weighted by Gasteiger charge is -2.29. The van der Waals surface area contributed by atoms with Gasteiger partial charge in [-0.3, -0.25) is 4.90 Å². The van der Waals surface area contributed by atoms with Crippen LogP contribution < -0.4 is 5.32 Å². The number of nitrogens with zero attached hydrogens (tertiary/aromatic N) is 2. The Morgan fingerprint density at radius 3 is 2.22 bits per heavy atom. The minimum absolute atomic E-state index is 0.322. The number of rotatable bonds is 4. The number of aryl methyl sites for hydroxylation is 1. The minimum atomic E-state index is -0.322. The molecule has 2 heterocycles. The molecule has 0 amide bonds. The number of fused-ring (bicyclic) bond motifs is 1. The quantitative estimate of drug-likeness (QED) is 0.792. The number of aliphatic hydroxyl groups excluding tert-OH is 1. The summed E-state index contributed by atoms with van der Waals surface area (Å²) in [5.41, 5.74) is 3.81. The summed E-state index contributed by atoms with van der Waals surface area (Å²) < 4.78 is 2.26. The van der Waals surface area contributed by atoms with Crippen LogP contribution >= 0.6 is 0 Å². The van der Waals surface area contributed by atoms with Crippen molar-refractivity contribution in [1.82, 2.24) is 14.8 Å². The Morgan fingerprint density at radius 1 is 1.04 bits per heavy atom. The van der Waals surface area contributed by atoms with Crippen LogP contribution in [-0.4, -0.2) is 53.4 Å². The van der Waals surface area contributed by atoms with Crippen molar-refractivity contribution in [3.63, 3.8) is 0 Å². The average Bonchev–Trinajstić information content (AvgIpc) is 2.95. The van der Waals surface area contributed by atoms with E-state index in [9.17, 15) is 5.11 Å². The summed E-state index contributed by atoms with van der Waals surface area (Å²) in [6.45, 7) is 17.8. The molecule has 2 aromatic rings. The number of benzene rings is 1. The molecule has 1 fully saturated rings. The molecule has 0 aliphatic carbocycles. The second kappa shape index (κ2) is 12.7. The summed E-state index contributed by atoms with van der Waals surface area (Å²) in [5, 5.41) is 15.1. The maximum absolute atomic E-state index is 10.5. The molecule has 1 aliphatic rings. The summed E-state index contributed by atoms with van der Waals surface area (Å²) in [5.74, 6) is 0. The first kappa shape index (κ1) is 23.4. The smallest absolute Gasteiger partial charge is 0.0845 e. The van der Waals surface area contributed by atoms with E-state index >= 15 is 0 Å². The Kier molecular flexibility index (Phi) is 11.0. The minimum Gasteiger partial charge on any atom is -0.390 e. The Balaban J connectivity index is 0.000000541. The predicted octanol–water partition coefficient (Wildman–Crippen LogP) is 4.13. The van der Waals surface area contributed by atoms with E-state index < -0.39 is 0 Å². The van der Waals surface area contributed by atoms with Crippen LogP contribution in [0.25, 0.3) is 10.9 Å². The second-order valence-corrected chi connectivity index (χ2v) is 6.71. The van der Waals surface area contributed by atoms with Crippen molar-refractivity contribution in [3.8, 4) is 0 Å². The third kappa shape index (κ3) is 6.80. The molecule has 1 saturated heterocycles. The molecule has 0 bridgehead atoms. The zero-order valence-electron chi connectivity index (χ0n) is 18.1. The highest BCUT2D eigenvalue weighted by molar-refractivity contribution is 5.85. The van der Waals surface area contributed by atoms with Crippen LogP contribution in [0.2, 0.25) is 0 Å². The van der Waals surface area contributed by atoms with Gasteiger partial charge in [0.25, 0.3) is 0 Å². The molecule has 152 valence electrons. The molecule has 27 heavy (non-hydrogen) atoms. The van der Waals surface area contributed by atoms with Gasteiger partial charge in [0.1, 0.15) is 0 Å². The van der Waals surface area contributed by atoms with Crippen LogP contribution in [0.4, 0.5) is 0 Å². The van der Waals surface area contributed by atoms with Crippen molar-refractivity contribution in [1.29, 1.82) is 0 Å². The maximum Gasteiger partial charge on any atom is 0.0845 e. The Labute approximate surface area is 165 Å². The van der Waals surface area contributed by atoms with Gasteiger partial charge in [0.15, 0.2) is 0 Å². The molecule has 1 aromatic heterocycles. The van der Waals surface area contributed by atoms with E-state index in [0.717, 1.165) is 32.7 Å².